The predicted octanol–water partition coefficient (Wildman–Crippen LogP) is 7.10. The molecule has 39 heavy (non-hydrogen) atoms. The Morgan fingerprint density at radius 1 is 1.13 bits per heavy atom. The van der Waals surface area contributed by atoms with Gasteiger partial charge >= 0.3 is 0 Å². The molecule has 5 rings (SSSR count). The molecule has 2 N–H and O–H groups in total. The smallest absolute Gasteiger partial charge is 0.251 e. The number of hydrogen-bond acceptors (Lipinski definition) is 3. The van der Waals surface area contributed by atoms with E-state index < -0.39 is 0 Å². The van der Waals surface area contributed by atoms with E-state index in [4.69, 9.17) is 0 Å². The first kappa shape index (κ1) is 26.4. The zero-order chi connectivity index (χ0) is 27.6. The SMILES string of the molecule is C=C1CC[C@H](CC(NC(=O)c2ccc(O)cc2)c2ccccc2)[C@@]1(C)Cc1cnn(-c2ccc(F)cc2)c1C. The Bertz CT molecular complexity index is 1460. The Kier molecular flexibility index (Phi) is 7.38. The molecule has 200 valence electrons. The lowest BCUT2D eigenvalue weighted by Crippen LogP contribution is -2.34. The molecule has 1 aromatic heterocycles. The first-order valence-electron chi connectivity index (χ1n) is 13.4. The average molecular weight is 524 g/mol. The van der Waals surface area contributed by atoms with Crippen LogP contribution in [0.2, 0.25) is 0 Å². The normalized spacial score (nSPS) is 19.7. The van der Waals surface area contributed by atoms with E-state index in [1.807, 2.05) is 36.0 Å². The highest BCUT2D eigenvalue weighted by atomic mass is 19.1. The molecule has 0 radical (unpaired) electrons. The summed E-state index contributed by atoms with van der Waals surface area (Å²) in [5.74, 6) is -0.0148. The van der Waals surface area contributed by atoms with Crippen molar-refractivity contribution in [2.24, 2.45) is 11.3 Å². The molecule has 0 saturated heterocycles. The van der Waals surface area contributed by atoms with Crippen LogP contribution in [0, 0.1) is 24.1 Å². The van der Waals surface area contributed by atoms with Gasteiger partial charge in [0.2, 0.25) is 0 Å². The molecule has 4 aromatic rings. The summed E-state index contributed by atoms with van der Waals surface area (Å²) in [6, 6.07) is 22.6. The number of nitrogens with one attached hydrogen (secondary N) is 1. The van der Waals surface area contributed by atoms with Crippen LogP contribution in [0.3, 0.4) is 0 Å². The monoisotopic (exact) mass is 523 g/mol. The second-order valence-corrected chi connectivity index (χ2v) is 10.8. The van der Waals surface area contributed by atoms with Crippen LogP contribution in [-0.2, 0) is 6.42 Å². The molecule has 1 unspecified atom stereocenters. The van der Waals surface area contributed by atoms with E-state index in [2.05, 4.69) is 36.1 Å². The molecule has 1 aliphatic carbocycles. The van der Waals surface area contributed by atoms with Crippen molar-refractivity contribution in [1.29, 1.82) is 0 Å². The lowest BCUT2D eigenvalue weighted by molar-refractivity contribution is 0.0923. The Hall–Kier alpha value is -4.19. The number of hydrogen-bond donors (Lipinski definition) is 2. The van der Waals surface area contributed by atoms with Crippen molar-refractivity contribution in [3.63, 3.8) is 0 Å². The standard InChI is InChI=1S/C33H34FN3O2/c1-22-9-12-27(33(22,3)20-26-21-35-37(23(26)2)29-15-13-28(34)14-16-29)19-31(24-7-5-4-6-8-24)36-32(39)25-10-17-30(38)18-11-25/h4-8,10-11,13-18,21,27,31,38H,1,9,12,19-20H2,2-3H3,(H,36,39)/t27-,31?,33+/m1/s1. The van der Waals surface area contributed by atoms with Crippen molar-refractivity contribution in [3.05, 3.63) is 125 Å². The van der Waals surface area contributed by atoms with Crippen LogP contribution < -0.4 is 5.32 Å². The first-order valence-corrected chi connectivity index (χ1v) is 13.4. The van der Waals surface area contributed by atoms with E-state index in [-0.39, 0.29) is 28.9 Å². The van der Waals surface area contributed by atoms with Crippen molar-refractivity contribution in [1.82, 2.24) is 15.1 Å². The summed E-state index contributed by atoms with van der Waals surface area (Å²) in [7, 11) is 0. The van der Waals surface area contributed by atoms with Gasteiger partial charge in [-0.2, -0.15) is 5.10 Å². The van der Waals surface area contributed by atoms with E-state index in [0.717, 1.165) is 48.2 Å². The van der Waals surface area contributed by atoms with Gasteiger partial charge in [0.15, 0.2) is 0 Å². The van der Waals surface area contributed by atoms with Crippen LogP contribution in [0.1, 0.15) is 59.4 Å². The first-order chi connectivity index (χ1) is 18.7. The maximum Gasteiger partial charge on any atom is 0.251 e. The number of aromatic hydroxyl groups is 1. The van der Waals surface area contributed by atoms with Crippen LogP contribution in [0.4, 0.5) is 4.39 Å². The van der Waals surface area contributed by atoms with E-state index in [0.29, 0.717) is 11.5 Å². The third kappa shape index (κ3) is 5.51. The number of carbonyl (C=O) groups is 1. The minimum atomic E-state index is -0.271. The lowest BCUT2D eigenvalue weighted by Gasteiger charge is -2.35. The zero-order valence-electron chi connectivity index (χ0n) is 22.4. The van der Waals surface area contributed by atoms with Crippen LogP contribution in [0.15, 0.2) is 97.2 Å². The van der Waals surface area contributed by atoms with E-state index in [1.54, 1.807) is 24.3 Å². The van der Waals surface area contributed by atoms with Gasteiger partial charge in [-0.15, -0.1) is 0 Å². The summed E-state index contributed by atoms with van der Waals surface area (Å²) in [6.45, 7) is 8.81. The number of nitrogens with zero attached hydrogens (tertiary/aromatic N) is 2. The minimum Gasteiger partial charge on any atom is -0.508 e. The van der Waals surface area contributed by atoms with Gasteiger partial charge in [0.05, 0.1) is 17.9 Å². The van der Waals surface area contributed by atoms with Crippen LogP contribution in [0.25, 0.3) is 5.69 Å². The summed E-state index contributed by atoms with van der Waals surface area (Å²) in [4.78, 5) is 13.2. The largest absolute Gasteiger partial charge is 0.508 e. The van der Waals surface area contributed by atoms with Gasteiger partial charge in [-0.05, 0) is 104 Å². The number of phenolic OH excluding ortho intramolecular Hbond substituents is 1. The highest BCUT2D eigenvalue weighted by Crippen LogP contribution is 2.52. The molecular formula is C33H34FN3O2. The summed E-state index contributed by atoms with van der Waals surface area (Å²) in [6.07, 6.45) is 5.41. The van der Waals surface area contributed by atoms with Gasteiger partial charge in [-0.25, -0.2) is 9.07 Å². The van der Waals surface area contributed by atoms with Gasteiger partial charge in [0.25, 0.3) is 5.91 Å². The molecule has 5 nitrogen and oxygen atoms in total. The summed E-state index contributed by atoms with van der Waals surface area (Å²) in [5.41, 5.74) is 5.62. The molecule has 1 aliphatic rings. The predicted molar refractivity (Wildman–Crippen MR) is 151 cm³/mol. The highest BCUT2D eigenvalue weighted by molar-refractivity contribution is 5.94. The molecule has 3 atom stereocenters. The summed E-state index contributed by atoms with van der Waals surface area (Å²) >= 11 is 0. The fourth-order valence-corrected chi connectivity index (χ4v) is 5.85. The topological polar surface area (TPSA) is 67.2 Å². The molecule has 0 spiro atoms. The molecule has 1 heterocycles. The molecular weight excluding hydrogens is 489 g/mol. The van der Waals surface area contributed by atoms with Gasteiger partial charge in [-0.1, -0.05) is 49.4 Å². The number of carbonyl (C=O) groups excluding carboxylic acids is 1. The number of allylic oxidation sites excluding steroid dienone is 1. The number of rotatable bonds is 8. The average Bonchev–Trinajstić information content (AvgIpc) is 3.43. The maximum absolute atomic E-state index is 13.5. The fourth-order valence-electron chi connectivity index (χ4n) is 5.85. The van der Waals surface area contributed by atoms with Gasteiger partial charge in [0, 0.05) is 11.3 Å². The third-order valence-electron chi connectivity index (χ3n) is 8.40. The lowest BCUT2D eigenvalue weighted by atomic mass is 9.70. The van der Waals surface area contributed by atoms with Gasteiger partial charge < -0.3 is 10.4 Å². The number of halogens is 1. The number of amides is 1. The quantitative estimate of drug-likeness (QED) is 0.242. The Morgan fingerprint density at radius 3 is 2.51 bits per heavy atom. The number of benzene rings is 3. The van der Waals surface area contributed by atoms with Crippen molar-refractivity contribution in [2.75, 3.05) is 0 Å². The molecule has 1 amide bonds. The molecule has 3 aromatic carbocycles. The fraction of sp³-hybridized carbons (Fsp3) is 0.273. The van der Waals surface area contributed by atoms with Crippen LogP contribution in [-0.4, -0.2) is 20.8 Å². The van der Waals surface area contributed by atoms with Gasteiger partial charge in [0.1, 0.15) is 11.6 Å². The summed E-state index contributed by atoms with van der Waals surface area (Å²) < 4.78 is 15.3. The number of phenols is 1. The molecule has 0 aliphatic heterocycles. The Labute approximate surface area is 229 Å². The summed E-state index contributed by atoms with van der Waals surface area (Å²) in [5, 5.41) is 17.5. The van der Waals surface area contributed by atoms with Crippen LogP contribution in [0.5, 0.6) is 5.75 Å². The van der Waals surface area contributed by atoms with E-state index in [9.17, 15) is 14.3 Å². The Morgan fingerprint density at radius 2 is 1.82 bits per heavy atom. The second kappa shape index (κ2) is 10.9. The second-order valence-electron chi connectivity index (χ2n) is 10.8. The zero-order valence-corrected chi connectivity index (χ0v) is 22.4. The van der Waals surface area contributed by atoms with Gasteiger partial charge in [-0.3, -0.25) is 4.79 Å². The van der Waals surface area contributed by atoms with Crippen LogP contribution >= 0.6 is 0 Å². The van der Waals surface area contributed by atoms with Crippen molar-refractivity contribution in [2.45, 2.75) is 45.6 Å². The van der Waals surface area contributed by atoms with E-state index >= 15 is 0 Å². The van der Waals surface area contributed by atoms with Crippen molar-refractivity contribution < 1.29 is 14.3 Å². The molecule has 6 heteroatoms. The molecule has 0 bridgehead atoms. The van der Waals surface area contributed by atoms with E-state index in [1.165, 1.54) is 29.8 Å². The third-order valence-corrected chi connectivity index (χ3v) is 8.40. The highest BCUT2D eigenvalue weighted by Gasteiger charge is 2.43. The Balaban J connectivity index is 1.39. The van der Waals surface area contributed by atoms with Crippen molar-refractivity contribution in [3.8, 4) is 11.4 Å². The molecule has 1 fully saturated rings. The van der Waals surface area contributed by atoms with Crippen molar-refractivity contribution >= 4 is 5.91 Å². The molecule has 1 saturated carbocycles. The minimum absolute atomic E-state index is 0.129. The number of aromatic nitrogens is 2. The maximum atomic E-state index is 13.5.